The van der Waals surface area contributed by atoms with E-state index < -0.39 is 0 Å². The van der Waals surface area contributed by atoms with Gasteiger partial charge >= 0.3 is 5.97 Å². The van der Waals surface area contributed by atoms with Crippen molar-refractivity contribution in [3.05, 3.63) is 29.8 Å². The summed E-state index contributed by atoms with van der Waals surface area (Å²) in [5.74, 6) is 0.567. The third kappa shape index (κ3) is 5.68. The molecule has 18 heavy (non-hydrogen) atoms. The standard InChI is InChI=1S/C14H20O4/c1-3-17-9-5-8-14(15)18-11-12-6-4-7-13(10-12)16-2/h4,6-7,10H,3,5,8-9,11H2,1-2H3. The van der Waals surface area contributed by atoms with Crippen LogP contribution >= 0.6 is 0 Å². The molecule has 0 unspecified atom stereocenters. The van der Waals surface area contributed by atoms with Gasteiger partial charge in [-0.05, 0) is 31.0 Å². The molecule has 0 atom stereocenters. The Bertz CT molecular complexity index is 363. The maximum atomic E-state index is 11.4. The predicted molar refractivity (Wildman–Crippen MR) is 68.5 cm³/mol. The summed E-state index contributed by atoms with van der Waals surface area (Å²) < 4.78 is 15.4. The lowest BCUT2D eigenvalue weighted by molar-refractivity contribution is -0.145. The van der Waals surface area contributed by atoms with E-state index in [2.05, 4.69) is 0 Å². The molecule has 1 aromatic rings. The van der Waals surface area contributed by atoms with Crippen molar-refractivity contribution < 1.29 is 19.0 Å². The van der Waals surface area contributed by atoms with E-state index in [0.29, 0.717) is 26.1 Å². The van der Waals surface area contributed by atoms with Crippen LogP contribution in [-0.4, -0.2) is 26.3 Å². The van der Waals surface area contributed by atoms with Crippen LogP contribution in [0.15, 0.2) is 24.3 Å². The van der Waals surface area contributed by atoms with E-state index in [9.17, 15) is 4.79 Å². The number of hydrogen-bond acceptors (Lipinski definition) is 4. The second kappa shape index (κ2) is 8.53. The van der Waals surface area contributed by atoms with Crippen LogP contribution in [0.4, 0.5) is 0 Å². The summed E-state index contributed by atoms with van der Waals surface area (Å²) in [4.78, 5) is 11.4. The summed E-state index contributed by atoms with van der Waals surface area (Å²) in [5.41, 5.74) is 0.924. The quantitative estimate of drug-likeness (QED) is 0.527. The first-order valence-corrected chi connectivity index (χ1v) is 6.12. The van der Waals surface area contributed by atoms with Crippen LogP contribution in [-0.2, 0) is 20.9 Å². The van der Waals surface area contributed by atoms with Crippen molar-refractivity contribution in [2.45, 2.75) is 26.4 Å². The Morgan fingerprint density at radius 2 is 2.17 bits per heavy atom. The van der Waals surface area contributed by atoms with Gasteiger partial charge in [0.1, 0.15) is 12.4 Å². The topological polar surface area (TPSA) is 44.8 Å². The van der Waals surface area contributed by atoms with Crippen LogP contribution in [0.1, 0.15) is 25.3 Å². The van der Waals surface area contributed by atoms with Gasteiger partial charge in [0.05, 0.1) is 7.11 Å². The van der Waals surface area contributed by atoms with E-state index in [1.807, 2.05) is 31.2 Å². The molecule has 0 aliphatic rings. The highest BCUT2D eigenvalue weighted by molar-refractivity contribution is 5.69. The van der Waals surface area contributed by atoms with Crippen molar-refractivity contribution in [2.24, 2.45) is 0 Å². The highest BCUT2D eigenvalue weighted by Gasteiger charge is 2.03. The monoisotopic (exact) mass is 252 g/mol. The number of methoxy groups -OCH3 is 1. The van der Waals surface area contributed by atoms with Gasteiger partial charge in [-0.25, -0.2) is 0 Å². The van der Waals surface area contributed by atoms with Gasteiger partial charge in [-0.2, -0.15) is 0 Å². The van der Waals surface area contributed by atoms with Gasteiger partial charge in [0.15, 0.2) is 0 Å². The molecular formula is C14H20O4. The molecule has 0 fully saturated rings. The van der Waals surface area contributed by atoms with Gasteiger partial charge in [0, 0.05) is 19.6 Å². The molecule has 0 bridgehead atoms. The highest BCUT2D eigenvalue weighted by atomic mass is 16.5. The Balaban J connectivity index is 2.24. The van der Waals surface area contributed by atoms with Gasteiger partial charge in [-0.3, -0.25) is 4.79 Å². The largest absolute Gasteiger partial charge is 0.497 e. The van der Waals surface area contributed by atoms with Crippen LogP contribution in [0.3, 0.4) is 0 Å². The minimum absolute atomic E-state index is 0.197. The molecular weight excluding hydrogens is 232 g/mol. The van der Waals surface area contributed by atoms with E-state index >= 15 is 0 Å². The molecule has 100 valence electrons. The fourth-order valence-corrected chi connectivity index (χ4v) is 1.46. The summed E-state index contributed by atoms with van der Waals surface area (Å²) >= 11 is 0. The number of esters is 1. The van der Waals surface area contributed by atoms with Gasteiger partial charge in [-0.15, -0.1) is 0 Å². The number of ether oxygens (including phenoxy) is 3. The molecule has 0 aliphatic heterocycles. The molecule has 0 heterocycles. The molecule has 4 nitrogen and oxygen atoms in total. The third-order valence-electron chi connectivity index (χ3n) is 2.41. The second-order valence-electron chi connectivity index (χ2n) is 3.81. The number of rotatable bonds is 8. The summed E-state index contributed by atoms with van der Waals surface area (Å²) in [7, 11) is 1.61. The molecule has 0 spiro atoms. The Hall–Kier alpha value is -1.55. The summed E-state index contributed by atoms with van der Waals surface area (Å²) in [6, 6.07) is 7.48. The second-order valence-corrected chi connectivity index (χ2v) is 3.81. The lowest BCUT2D eigenvalue weighted by Crippen LogP contribution is -2.06. The van der Waals surface area contributed by atoms with Crippen molar-refractivity contribution in [3.8, 4) is 5.75 Å². The number of carbonyl (C=O) groups excluding carboxylic acids is 1. The zero-order chi connectivity index (χ0) is 13.2. The normalized spacial score (nSPS) is 10.1. The van der Waals surface area contributed by atoms with Crippen LogP contribution in [0, 0.1) is 0 Å². The maximum absolute atomic E-state index is 11.4. The van der Waals surface area contributed by atoms with Crippen LogP contribution < -0.4 is 4.74 Å². The van der Waals surface area contributed by atoms with Gasteiger partial charge in [-0.1, -0.05) is 12.1 Å². The van der Waals surface area contributed by atoms with Gasteiger partial charge in [0.2, 0.25) is 0 Å². The van der Waals surface area contributed by atoms with Crippen molar-refractivity contribution in [1.82, 2.24) is 0 Å². The lowest BCUT2D eigenvalue weighted by Gasteiger charge is -2.06. The molecule has 4 heteroatoms. The summed E-state index contributed by atoms with van der Waals surface area (Å²) in [5, 5.41) is 0. The molecule has 0 amide bonds. The zero-order valence-electron chi connectivity index (χ0n) is 11.0. The molecule has 0 aliphatic carbocycles. The predicted octanol–water partition coefficient (Wildman–Crippen LogP) is 2.56. The number of benzene rings is 1. The minimum atomic E-state index is -0.197. The highest BCUT2D eigenvalue weighted by Crippen LogP contribution is 2.13. The van der Waals surface area contributed by atoms with Crippen molar-refractivity contribution >= 4 is 5.97 Å². The van der Waals surface area contributed by atoms with Crippen LogP contribution in [0.5, 0.6) is 5.75 Å². The SMILES string of the molecule is CCOCCCC(=O)OCc1cccc(OC)c1. The molecule has 0 saturated heterocycles. The fourth-order valence-electron chi connectivity index (χ4n) is 1.46. The van der Waals surface area contributed by atoms with Crippen molar-refractivity contribution in [3.63, 3.8) is 0 Å². The first-order chi connectivity index (χ1) is 8.76. The molecule has 1 rings (SSSR count). The maximum Gasteiger partial charge on any atom is 0.306 e. The first kappa shape index (κ1) is 14.5. The molecule has 0 aromatic heterocycles. The first-order valence-electron chi connectivity index (χ1n) is 6.12. The van der Waals surface area contributed by atoms with E-state index in [4.69, 9.17) is 14.2 Å². The lowest BCUT2D eigenvalue weighted by atomic mass is 10.2. The van der Waals surface area contributed by atoms with E-state index in [1.165, 1.54) is 0 Å². The number of hydrogen-bond donors (Lipinski definition) is 0. The minimum Gasteiger partial charge on any atom is -0.497 e. The average molecular weight is 252 g/mol. The third-order valence-corrected chi connectivity index (χ3v) is 2.41. The van der Waals surface area contributed by atoms with Gasteiger partial charge < -0.3 is 14.2 Å². The van der Waals surface area contributed by atoms with Crippen LogP contribution in [0.2, 0.25) is 0 Å². The fraction of sp³-hybridized carbons (Fsp3) is 0.500. The summed E-state index contributed by atoms with van der Waals surface area (Å²) in [6.45, 7) is 3.50. The molecule has 1 aromatic carbocycles. The molecule has 0 N–H and O–H groups in total. The van der Waals surface area contributed by atoms with Gasteiger partial charge in [0.25, 0.3) is 0 Å². The van der Waals surface area contributed by atoms with E-state index in [0.717, 1.165) is 11.3 Å². The van der Waals surface area contributed by atoms with Crippen molar-refractivity contribution in [1.29, 1.82) is 0 Å². The Labute approximate surface area is 108 Å². The zero-order valence-corrected chi connectivity index (χ0v) is 11.0. The van der Waals surface area contributed by atoms with Crippen LogP contribution in [0.25, 0.3) is 0 Å². The molecule has 0 saturated carbocycles. The Morgan fingerprint density at radius 1 is 1.33 bits per heavy atom. The molecule has 0 radical (unpaired) electrons. The Kier molecular flexibility index (Phi) is 6.87. The van der Waals surface area contributed by atoms with E-state index in [-0.39, 0.29) is 12.6 Å². The Morgan fingerprint density at radius 3 is 2.89 bits per heavy atom. The van der Waals surface area contributed by atoms with E-state index in [1.54, 1.807) is 7.11 Å². The number of carbonyl (C=O) groups is 1. The average Bonchev–Trinajstić information content (AvgIpc) is 2.41. The van der Waals surface area contributed by atoms with Crippen molar-refractivity contribution in [2.75, 3.05) is 20.3 Å². The smallest absolute Gasteiger partial charge is 0.306 e. The summed E-state index contributed by atoms with van der Waals surface area (Å²) in [6.07, 6.45) is 1.09.